The topological polar surface area (TPSA) is 96.7 Å². The summed E-state index contributed by atoms with van der Waals surface area (Å²) in [7, 11) is 0. The van der Waals surface area contributed by atoms with E-state index in [1.807, 2.05) is 23.1 Å². The largest absolute Gasteiger partial charge is 0.594 e. The number of fused-ring (bicyclic) bond motifs is 1. The lowest BCUT2D eigenvalue weighted by atomic mass is 10.1. The molecule has 0 saturated carbocycles. The maximum Gasteiger partial charge on any atom is 0.293 e. The molecule has 1 aliphatic heterocycles. The summed E-state index contributed by atoms with van der Waals surface area (Å²) >= 11 is 0. The molecule has 0 amide bonds. The number of aromatic nitrogens is 5. The van der Waals surface area contributed by atoms with E-state index in [0.717, 1.165) is 37.4 Å². The molecule has 1 fully saturated rings. The first-order chi connectivity index (χ1) is 10.8. The Bertz CT molecular complexity index is 796. The average Bonchev–Trinajstić information content (AvgIpc) is 3.10. The monoisotopic (exact) mass is 297 g/mol. The van der Waals surface area contributed by atoms with Crippen LogP contribution in [0.1, 0.15) is 0 Å². The molecule has 112 valence electrons. The highest BCUT2D eigenvalue weighted by Gasteiger charge is 2.19. The molecule has 0 radical (unpaired) electrons. The second-order valence-electron chi connectivity index (χ2n) is 5.20. The number of H-pyrrole nitrogens is 1. The van der Waals surface area contributed by atoms with Crippen LogP contribution in [0.5, 0.6) is 0 Å². The van der Waals surface area contributed by atoms with Crippen LogP contribution in [0.15, 0.2) is 30.5 Å². The summed E-state index contributed by atoms with van der Waals surface area (Å²) < 4.78 is 0. The fourth-order valence-corrected chi connectivity index (χ4v) is 2.62. The Balaban J connectivity index is 1.77. The van der Waals surface area contributed by atoms with Gasteiger partial charge in [-0.05, 0) is 17.0 Å². The zero-order chi connectivity index (χ0) is 14.9. The summed E-state index contributed by atoms with van der Waals surface area (Å²) in [6.07, 6.45) is 1.68. The predicted molar refractivity (Wildman–Crippen MR) is 81.2 cm³/mol. The zero-order valence-electron chi connectivity index (χ0n) is 11.9. The summed E-state index contributed by atoms with van der Waals surface area (Å²) in [6, 6.07) is 7.39. The van der Waals surface area contributed by atoms with Gasteiger partial charge in [-0.1, -0.05) is 6.07 Å². The van der Waals surface area contributed by atoms with Gasteiger partial charge in [-0.25, -0.2) is 4.98 Å². The third kappa shape index (κ3) is 2.23. The van der Waals surface area contributed by atoms with E-state index in [1.165, 1.54) is 0 Å². The van der Waals surface area contributed by atoms with Crippen LogP contribution in [0.3, 0.4) is 0 Å². The Kier molecular flexibility index (Phi) is 3.08. The number of hydrogen-bond acceptors (Lipinski definition) is 6. The minimum absolute atomic E-state index is 0.450. The van der Waals surface area contributed by atoms with Gasteiger partial charge in [0.1, 0.15) is 5.52 Å². The number of rotatable bonds is 2. The molecule has 1 saturated heterocycles. The van der Waals surface area contributed by atoms with E-state index in [1.54, 1.807) is 12.3 Å². The number of hydrogen-bond donors (Lipinski definition) is 2. The van der Waals surface area contributed by atoms with Crippen LogP contribution in [-0.2, 0) is 0 Å². The van der Waals surface area contributed by atoms with Crippen molar-refractivity contribution in [3.05, 3.63) is 35.7 Å². The summed E-state index contributed by atoms with van der Waals surface area (Å²) in [5, 5.41) is 26.4. The number of piperazine rings is 1. The van der Waals surface area contributed by atoms with E-state index >= 15 is 0 Å². The number of anilines is 1. The Morgan fingerprint density at radius 1 is 1.18 bits per heavy atom. The number of nitrogens with one attached hydrogen (secondary N) is 2. The van der Waals surface area contributed by atoms with Gasteiger partial charge in [0, 0.05) is 44.0 Å². The van der Waals surface area contributed by atoms with Gasteiger partial charge >= 0.3 is 0 Å². The van der Waals surface area contributed by atoms with Gasteiger partial charge in [0.25, 0.3) is 11.5 Å². The number of nitrogens with zero attached hydrogens (tertiary/aromatic N) is 5. The molecule has 4 rings (SSSR count). The highest BCUT2D eigenvalue weighted by Crippen LogP contribution is 2.20. The first-order valence-corrected chi connectivity index (χ1v) is 7.18. The van der Waals surface area contributed by atoms with Crippen molar-refractivity contribution in [2.24, 2.45) is 0 Å². The summed E-state index contributed by atoms with van der Waals surface area (Å²) in [5.41, 5.74) is 2.83. The summed E-state index contributed by atoms with van der Waals surface area (Å²) in [6.45, 7) is 3.35. The molecule has 1 aromatic carbocycles. The lowest BCUT2D eigenvalue weighted by Crippen LogP contribution is -2.46. The smallest absolute Gasteiger partial charge is 0.293 e. The molecule has 8 nitrogen and oxygen atoms in total. The fraction of sp³-hybridized carbons (Fsp3) is 0.286. The van der Waals surface area contributed by atoms with E-state index in [0.29, 0.717) is 21.8 Å². The van der Waals surface area contributed by atoms with Crippen LogP contribution in [0, 0.1) is 5.21 Å². The van der Waals surface area contributed by atoms with Crippen molar-refractivity contribution in [3.8, 4) is 11.3 Å². The lowest BCUT2D eigenvalue weighted by molar-refractivity contribution is -0.641. The molecular formula is C14H15N7O. The molecule has 22 heavy (non-hydrogen) atoms. The lowest BCUT2D eigenvalue weighted by Gasteiger charge is -2.26. The first kappa shape index (κ1) is 13.0. The maximum absolute atomic E-state index is 12.3. The Morgan fingerprint density at radius 2 is 2.05 bits per heavy atom. The molecule has 2 aromatic heterocycles. The van der Waals surface area contributed by atoms with E-state index in [9.17, 15) is 5.21 Å². The zero-order valence-corrected chi connectivity index (χ0v) is 11.9. The third-order valence-electron chi connectivity index (χ3n) is 3.79. The van der Waals surface area contributed by atoms with Crippen molar-refractivity contribution in [3.63, 3.8) is 0 Å². The average molecular weight is 297 g/mol. The normalized spacial score (nSPS) is 15.4. The van der Waals surface area contributed by atoms with Crippen molar-refractivity contribution < 1.29 is 4.85 Å². The third-order valence-corrected chi connectivity index (χ3v) is 3.79. The Labute approximate surface area is 126 Å². The van der Waals surface area contributed by atoms with Crippen LogP contribution in [0.2, 0.25) is 0 Å². The van der Waals surface area contributed by atoms with E-state index in [2.05, 4.69) is 25.6 Å². The highest BCUT2D eigenvalue weighted by molar-refractivity contribution is 5.78. The second-order valence-corrected chi connectivity index (χ2v) is 5.20. The van der Waals surface area contributed by atoms with E-state index < -0.39 is 0 Å². The van der Waals surface area contributed by atoms with Gasteiger partial charge < -0.3 is 15.4 Å². The van der Waals surface area contributed by atoms with Gasteiger partial charge in [0.2, 0.25) is 0 Å². The first-order valence-electron chi connectivity index (χ1n) is 7.18. The standard InChI is InChI=1S/C14H15N7O/c22-21-13-9-10(11-3-4-16-18-11)1-2-12(13)17-14(19-21)20-7-5-15-6-8-20/h1-4,9,15H,5-8H2,(H,16,18). The minimum Gasteiger partial charge on any atom is -0.594 e. The molecule has 1 aliphatic rings. The number of aromatic amines is 1. The van der Waals surface area contributed by atoms with Crippen LogP contribution in [0.4, 0.5) is 5.95 Å². The number of benzene rings is 1. The van der Waals surface area contributed by atoms with E-state index in [4.69, 9.17) is 0 Å². The molecule has 8 heteroatoms. The predicted octanol–water partition coefficient (Wildman–Crippen LogP) is 0.0629. The molecule has 3 heterocycles. The van der Waals surface area contributed by atoms with Crippen molar-refractivity contribution in [2.45, 2.75) is 0 Å². The van der Waals surface area contributed by atoms with Crippen molar-refractivity contribution in [1.29, 1.82) is 0 Å². The Morgan fingerprint density at radius 3 is 2.82 bits per heavy atom. The van der Waals surface area contributed by atoms with Gasteiger partial charge in [-0.3, -0.25) is 5.10 Å². The van der Waals surface area contributed by atoms with Crippen LogP contribution in [0.25, 0.3) is 22.3 Å². The van der Waals surface area contributed by atoms with Gasteiger partial charge in [0.15, 0.2) is 0 Å². The van der Waals surface area contributed by atoms with Gasteiger partial charge in [0.05, 0.1) is 10.8 Å². The summed E-state index contributed by atoms with van der Waals surface area (Å²) in [4.78, 5) is 7.20. The quantitative estimate of drug-likeness (QED) is 0.513. The van der Waals surface area contributed by atoms with Crippen LogP contribution < -0.4 is 15.1 Å². The van der Waals surface area contributed by atoms with Crippen LogP contribution >= 0.6 is 0 Å². The molecule has 0 aliphatic carbocycles. The maximum atomic E-state index is 12.3. The SMILES string of the molecule is [O-][n+]1nc(N2CCNCC2)nc2ccc(-c3ccn[nH]3)cc21. The van der Waals surface area contributed by atoms with Crippen LogP contribution in [-0.4, -0.2) is 46.5 Å². The van der Waals surface area contributed by atoms with Crippen molar-refractivity contribution >= 4 is 17.0 Å². The Hall–Kier alpha value is -2.74. The second kappa shape index (κ2) is 5.23. The molecule has 0 bridgehead atoms. The van der Waals surface area contributed by atoms with Gasteiger partial charge in [-0.15, -0.1) is 0 Å². The molecule has 0 atom stereocenters. The van der Waals surface area contributed by atoms with E-state index in [-0.39, 0.29) is 0 Å². The fourth-order valence-electron chi connectivity index (χ4n) is 2.62. The molecular weight excluding hydrogens is 282 g/mol. The summed E-state index contributed by atoms with van der Waals surface area (Å²) in [5.74, 6) is 0.485. The van der Waals surface area contributed by atoms with Gasteiger partial charge in [-0.2, -0.15) is 5.10 Å². The molecule has 3 aromatic rings. The molecule has 0 spiro atoms. The molecule has 0 unspecified atom stereocenters. The van der Waals surface area contributed by atoms with Crippen molar-refractivity contribution in [2.75, 3.05) is 31.1 Å². The highest BCUT2D eigenvalue weighted by atomic mass is 16.5. The minimum atomic E-state index is 0.450. The van der Waals surface area contributed by atoms with Crippen molar-refractivity contribution in [1.82, 2.24) is 25.6 Å². The molecule has 2 N–H and O–H groups in total.